The molecule has 0 atom stereocenters. The highest BCUT2D eigenvalue weighted by molar-refractivity contribution is 5.81. The largest absolute Gasteiger partial charge is 0.481 e. The third kappa shape index (κ3) is 2.14. The maximum absolute atomic E-state index is 10.6. The Morgan fingerprint density at radius 1 is 1.16 bits per heavy atom. The molecular weight excluding hydrogens is 242 g/mol. The average Bonchev–Trinajstić information content (AvgIpc) is 2.82. The van der Waals surface area contributed by atoms with Crippen molar-refractivity contribution in [1.29, 1.82) is 0 Å². The van der Waals surface area contributed by atoms with E-state index >= 15 is 0 Å². The molecule has 96 valence electrons. The molecule has 2 heterocycles. The van der Waals surface area contributed by atoms with Crippen molar-refractivity contribution in [3.63, 3.8) is 0 Å². The zero-order valence-corrected chi connectivity index (χ0v) is 10.3. The van der Waals surface area contributed by atoms with Gasteiger partial charge in [-0.15, -0.1) is 10.2 Å². The summed E-state index contributed by atoms with van der Waals surface area (Å²) in [6.45, 7) is 0. The van der Waals surface area contributed by atoms with E-state index < -0.39 is 5.97 Å². The molecule has 5 nitrogen and oxygen atoms in total. The molecule has 0 saturated carbocycles. The van der Waals surface area contributed by atoms with Crippen LogP contribution in [0.2, 0.25) is 0 Å². The topological polar surface area (TPSA) is 67.5 Å². The second-order valence-electron chi connectivity index (χ2n) is 4.45. The Bertz CT molecular complexity index is 749. The monoisotopic (exact) mass is 255 g/mol. The minimum atomic E-state index is -0.779. The first-order valence-electron chi connectivity index (χ1n) is 6.19. The van der Waals surface area contributed by atoms with Crippen molar-refractivity contribution in [2.75, 3.05) is 0 Å². The lowest BCUT2D eigenvalue weighted by Crippen LogP contribution is -2.00. The summed E-state index contributed by atoms with van der Waals surface area (Å²) < 4.78 is 2.00. The predicted molar refractivity (Wildman–Crippen MR) is 71.1 cm³/mol. The summed E-state index contributed by atoms with van der Waals surface area (Å²) in [6.07, 6.45) is 1.33. The van der Waals surface area contributed by atoms with Gasteiger partial charge >= 0.3 is 5.97 Å². The number of carboxylic acid groups (broad SMARTS) is 1. The van der Waals surface area contributed by atoms with E-state index in [9.17, 15) is 4.79 Å². The highest BCUT2D eigenvalue weighted by Crippen LogP contribution is 2.18. The number of aromatic nitrogens is 3. The SMILES string of the molecule is O=C(O)CCCc1nnc2ccc3ccccc3n12. The van der Waals surface area contributed by atoms with Crippen LogP contribution >= 0.6 is 0 Å². The minimum Gasteiger partial charge on any atom is -0.481 e. The van der Waals surface area contributed by atoms with Crippen LogP contribution < -0.4 is 0 Å². The van der Waals surface area contributed by atoms with Crippen molar-refractivity contribution < 1.29 is 9.90 Å². The van der Waals surface area contributed by atoms with E-state index in [0.717, 1.165) is 22.4 Å². The van der Waals surface area contributed by atoms with Gasteiger partial charge in [0, 0.05) is 12.8 Å². The maximum Gasteiger partial charge on any atom is 0.303 e. The third-order valence-electron chi connectivity index (χ3n) is 3.14. The van der Waals surface area contributed by atoms with Gasteiger partial charge in [0.05, 0.1) is 5.52 Å². The fourth-order valence-corrected chi connectivity index (χ4v) is 2.26. The number of para-hydroxylation sites is 1. The van der Waals surface area contributed by atoms with Gasteiger partial charge in [-0.25, -0.2) is 0 Å². The van der Waals surface area contributed by atoms with E-state index in [0.29, 0.717) is 12.8 Å². The third-order valence-corrected chi connectivity index (χ3v) is 3.14. The van der Waals surface area contributed by atoms with Gasteiger partial charge in [-0.3, -0.25) is 9.20 Å². The molecule has 5 heteroatoms. The van der Waals surface area contributed by atoms with Crippen molar-refractivity contribution in [2.45, 2.75) is 19.3 Å². The average molecular weight is 255 g/mol. The Kier molecular flexibility index (Phi) is 2.87. The summed E-state index contributed by atoms with van der Waals surface area (Å²) in [6, 6.07) is 12.0. The van der Waals surface area contributed by atoms with Gasteiger partial charge in [0.1, 0.15) is 5.82 Å². The molecule has 3 rings (SSSR count). The highest BCUT2D eigenvalue weighted by atomic mass is 16.4. The first-order valence-corrected chi connectivity index (χ1v) is 6.19. The number of rotatable bonds is 4. The fraction of sp³-hybridized carbons (Fsp3) is 0.214. The smallest absolute Gasteiger partial charge is 0.303 e. The highest BCUT2D eigenvalue weighted by Gasteiger charge is 2.09. The number of pyridine rings is 1. The Balaban J connectivity index is 2.05. The number of carbonyl (C=O) groups is 1. The van der Waals surface area contributed by atoms with Gasteiger partial charge in [0.2, 0.25) is 0 Å². The molecule has 0 fully saturated rings. The van der Waals surface area contributed by atoms with Gasteiger partial charge in [-0.05, 0) is 30.0 Å². The second kappa shape index (κ2) is 4.68. The molecule has 0 amide bonds. The minimum absolute atomic E-state index is 0.152. The lowest BCUT2D eigenvalue weighted by molar-refractivity contribution is -0.137. The van der Waals surface area contributed by atoms with Gasteiger partial charge < -0.3 is 5.11 Å². The van der Waals surface area contributed by atoms with Crippen LogP contribution in [0.1, 0.15) is 18.7 Å². The van der Waals surface area contributed by atoms with E-state index in [1.54, 1.807) is 0 Å². The molecule has 0 spiro atoms. The van der Waals surface area contributed by atoms with Gasteiger partial charge in [0.25, 0.3) is 0 Å². The van der Waals surface area contributed by atoms with Crippen molar-refractivity contribution in [3.8, 4) is 0 Å². The van der Waals surface area contributed by atoms with E-state index in [1.165, 1.54) is 0 Å². The van der Waals surface area contributed by atoms with Crippen molar-refractivity contribution in [2.24, 2.45) is 0 Å². The Morgan fingerprint density at radius 3 is 2.84 bits per heavy atom. The number of hydrogen-bond donors (Lipinski definition) is 1. The number of fused-ring (bicyclic) bond motifs is 3. The molecule has 3 aromatic rings. The molecule has 1 N–H and O–H groups in total. The number of aryl methyl sites for hydroxylation is 1. The van der Waals surface area contributed by atoms with Crippen molar-refractivity contribution in [3.05, 3.63) is 42.2 Å². The van der Waals surface area contributed by atoms with Gasteiger partial charge in [-0.2, -0.15) is 0 Å². The number of benzene rings is 1. The summed E-state index contributed by atoms with van der Waals surface area (Å²) in [7, 11) is 0. The molecule has 0 unspecified atom stereocenters. The molecule has 0 saturated heterocycles. The van der Waals surface area contributed by atoms with Crippen LogP contribution in [0.4, 0.5) is 0 Å². The van der Waals surface area contributed by atoms with Crippen molar-refractivity contribution in [1.82, 2.24) is 14.6 Å². The lowest BCUT2D eigenvalue weighted by atomic mass is 10.2. The Hall–Kier alpha value is -2.43. The summed E-state index contributed by atoms with van der Waals surface area (Å²) in [5.74, 6) is 0.0340. The summed E-state index contributed by atoms with van der Waals surface area (Å²) >= 11 is 0. The van der Waals surface area contributed by atoms with Crippen molar-refractivity contribution >= 4 is 22.5 Å². The molecule has 0 aliphatic heterocycles. The van der Waals surface area contributed by atoms with Crippen LogP contribution in [0.25, 0.3) is 16.6 Å². The van der Waals surface area contributed by atoms with Gasteiger partial charge in [-0.1, -0.05) is 18.2 Å². The van der Waals surface area contributed by atoms with E-state index in [4.69, 9.17) is 5.11 Å². The fourth-order valence-electron chi connectivity index (χ4n) is 2.26. The molecular formula is C14H13N3O2. The first-order chi connectivity index (χ1) is 9.25. The Labute approximate surface area is 109 Å². The maximum atomic E-state index is 10.6. The van der Waals surface area contributed by atoms with Crippen LogP contribution in [0.15, 0.2) is 36.4 Å². The lowest BCUT2D eigenvalue weighted by Gasteiger charge is -2.04. The number of carboxylic acids is 1. The van der Waals surface area contributed by atoms with E-state index in [-0.39, 0.29) is 6.42 Å². The first kappa shape index (κ1) is 11.6. The van der Waals surface area contributed by atoms with Crippen LogP contribution in [-0.2, 0) is 11.2 Å². The zero-order valence-electron chi connectivity index (χ0n) is 10.3. The van der Waals surface area contributed by atoms with Crippen LogP contribution in [0.3, 0.4) is 0 Å². The van der Waals surface area contributed by atoms with Crippen LogP contribution in [-0.4, -0.2) is 25.7 Å². The van der Waals surface area contributed by atoms with Gasteiger partial charge in [0.15, 0.2) is 5.65 Å². The number of nitrogens with zero attached hydrogens (tertiary/aromatic N) is 3. The second-order valence-corrected chi connectivity index (χ2v) is 4.45. The normalized spacial score (nSPS) is 11.2. The predicted octanol–water partition coefficient (Wildman–Crippen LogP) is 2.29. The standard InChI is InChI=1S/C14H13N3O2/c18-14(19)7-3-6-12-15-16-13-9-8-10-4-1-2-5-11(10)17(12)13/h1-2,4-5,8-9H,3,6-7H2,(H,18,19). The zero-order chi connectivity index (χ0) is 13.2. The van der Waals surface area contributed by atoms with Crippen LogP contribution in [0, 0.1) is 0 Å². The Morgan fingerprint density at radius 2 is 2.00 bits per heavy atom. The summed E-state index contributed by atoms with van der Waals surface area (Å²) in [5.41, 5.74) is 1.85. The molecule has 0 radical (unpaired) electrons. The van der Waals surface area contributed by atoms with E-state index in [1.807, 2.05) is 40.8 Å². The molecule has 0 aliphatic rings. The number of hydrogen-bond acceptors (Lipinski definition) is 3. The molecule has 1 aromatic carbocycles. The summed E-state index contributed by atoms with van der Waals surface area (Å²) in [4.78, 5) is 10.6. The van der Waals surface area contributed by atoms with E-state index in [2.05, 4.69) is 10.2 Å². The molecule has 0 aliphatic carbocycles. The molecule has 19 heavy (non-hydrogen) atoms. The molecule has 0 bridgehead atoms. The van der Waals surface area contributed by atoms with Crippen LogP contribution in [0.5, 0.6) is 0 Å². The molecule has 2 aromatic heterocycles. The quantitative estimate of drug-likeness (QED) is 0.776. The summed E-state index contributed by atoms with van der Waals surface area (Å²) in [5, 5.41) is 18.1. The number of aliphatic carboxylic acids is 1.